The molecule has 0 aliphatic heterocycles. The molecule has 0 aliphatic rings. The summed E-state index contributed by atoms with van der Waals surface area (Å²) in [5.74, 6) is -0.249. The number of hydrogen-bond acceptors (Lipinski definition) is 4. The number of methoxy groups -OCH3 is 1. The number of ether oxygens (including phenoxy) is 1. The van der Waals surface area contributed by atoms with Crippen LogP contribution in [0, 0.1) is 0 Å². The molecule has 2 N–H and O–H groups in total. The second kappa shape index (κ2) is 8.72. The number of nitrogens with one attached hydrogen (secondary N) is 1. The molecule has 0 amide bonds. The van der Waals surface area contributed by atoms with Crippen LogP contribution in [0.25, 0.3) is 0 Å². The zero-order chi connectivity index (χ0) is 15.0. The van der Waals surface area contributed by atoms with Crippen LogP contribution in [0.15, 0.2) is 30.3 Å². The van der Waals surface area contributed by atoms with Gasteiger partial charge in [-0.3, -0.25) is 4.79 Å². The molecule has 0 saturated carbocycles. The minimum absolute atomic E-state index is 0.161. The van der Waals surface area contributed by atoms with Gasteiger partial charge in [0.2, 0.25) is 0 Å². The molecule has 0 spiro atoms. The summed E-state index contributed by atoms with van der Waals surface area (Å²) < 4.78 is 4.67. The number of aliphatic hydroxyl groups is 1. The predicted molar refractivity (Wildman–Crippen MR) is 79.3 cm³/mol. The normalized spacial score (nSPS) is 15.4. The Morgan fingerprint density at radius 1 is 1.35 bits per heavy atom. The summed E-state index contributed by atoms with van der Waals surface area (Å²) in [6, 6.07) is 9.64. The van der Waals surface area contributed by atoms with Crippen molar-refractivity contribution in [2.24, 2.45) is 0 Å². The summed E-state index contributed by atoms with van der Waals surface area (Å²) in [7, 11) is 1.38. The molecule has 4 heteroatoms. The first kappa shape index (κ1) is 16.7. The molecule has 112 valence electrons. The van der Waals surface area contributed by atoms with E-state index in [0.717, 1.165) is 12.0 Å². The highest BCUT2D eigenvalue weighted by atomic mass is 16.5. The summed E-state index contributed by atoms with van der Waals surface area (Å²) in [5, 5.41) is 13.9. The summed E-state index contributed by atoms with van der Waals surface area (Å²) in [4.78, 5) is 11.3. The number of esters is 1. The van der Waals surface area contributed by atoms with Crippen molar-refractivity contribution in [1.29, 1.82) is 0 Å². The van der Waals surface area contributed by atoms with Crippen LogP contribution in [0.4, 0.5) is 0 Å². The van der Waals surface area contributed by atoms with Crippen LogP contribution in [0.5, 0.6) is 0 Å². The Balaban J connectivity index is 2.72. The highest BCUT2D eigenvalue weighted by Gasteiger charge is 2.22. The van der Waals surface area contributed by atoms with Crippen LogP contribution in [-0.2, 0) is 9.53 Å². The molecule has 20 heavy (non-hydrogen) atoms. The number of aliphatic hydroxyl groups excluding tert-OH is 1. The summed E-state index contributed by atoms with van der Waals surface area (Å²) in [5.41, 5.74) is 0.859. The van der Waals surface area contributed by atoms with E-state index in [4.69, 9.17) is 0 Å². The fourth-order valence-corrected chi connectivity index (χ4v) is 2.07. The molecule has 0 saturated heterocycles. The van der Waals surface area contributed by atoms with Crippen molar-refractivity contribution < 1.29 is 14.6 Å². The Labute approximate surface area is 121 Å². The molecular weight excluding hydrogens is 254 g/mol. The van der Waals surface area contributed by atoms with Crippen molar-refractivity contribution in [3.8, 4) is 0 Å². The van der Waals surface area contributed by atoms with E-state index in [0.29, 0.717) is 12.8 Å². The molecule has 0 aliphatic carbocycles. The summed E-state index contributed by atoms with van der Waals surface area (Å²) in [6.45, 7) is 4.16. The first-order valence-corrected chi connectivity index (χ1v) is 7.14. The zero-order valence-corrected chi connectivity index (χ0v) is 12.5. The molecule has 0 fully saturated rings. The lowest BCUT2D eigenvalue weighted by atomic mass is 9.97. The highest BCUT2D eigenvalue weighted by molar-refractivity contribution is 5.69. The van der Waals surface area contributed by atoms with Gasteiger partial charge in [0.05, 0.1) is 13.2 Å². The van der Waals surface area contributed by atoms with Crippen LogP contribution < -0.4 is 5.32 Å². The van der Waals surface area contributed by atoms with Crippen LogP contribution in [0.1, 0.15) is 44.8 Å². The molecule has 0 aromatic heterocycles. The average molecular weight is 279 g/mol. The molecule has 4 nitrogen and oxygen atoms in total. The second-order valence-corrected chi connectivity index (χ2v) is 5.05. The van der Waals surface area contributed by atoms with E-state index in [9.17, 15) is 9.90 Å². The van der Waals surface area contributed by atoms with E-state index in [1.54, 1.807) is 0 Å². The van der Waals surface area contributed by atoms with Gasteiger partial charge in [0.25, 0.3) is 0 Å². The lowest BCUT2D eigenvalue weighted by molar-refractivity contribution is -0.141. The first-order chi connectivity index (χ1) is 9.58. The van der Waals surface area contributed by atoms with E-state index < -0.39 is 6.10 Å². The van der Waals surface area contributed by atoms with E-state index in [1.165, 1.54) is 7.11 Å². The standard InChI is InChI=1S/C16H25NO3/c1-4-12(2)17-14(10-11-15(18)20-3)16(19)13-8-6-5-7-9-13/h5-9,12,14,16-17,19H,4,10-11H2,1-3H3. The zero-order valence-electron chi connectivity index (χ0n) is 12.5. The molecule has 3 atom stereocenters. The Morgan fingerprint density at radius 3 is 2.55 bits per heavy atom. The Hall–Kier alpha value is -1.39. The maximum Gasteiger partial charge on any atom is 0.305 e. The van der Waals surface area contributed by atoms with Crippen molar-refractivity contribution in [3.63, 3.8) is 0 Å². The van der Waals surface area contributed by atoms with Gasteiger partial charge in [-0.25, -0.2) is 0 Å². The van der Waals surface area contributed by atoms with Crippen LogP contribution >= 0.6 is 0 Å². The molecular formula is C16H25NO3. The van der Waals surface area contributed by atoms with Gasteiger partial charge in [-0.05, 0) is 25.3 Å². The van der Waals surface area contributed by atoms with Gasteiger partial charge in [-0.2, -0.15) is 0 Å². The first-order valence-electron chi connectivity index (χ1n) is 7.14. The van der Waals surface area contributed by atoms with Gasteiger partial charge >= 0.3 is 5.97 Å². The predicted octanol–water partition coefficient (Wildman–Crippen LogP) is 2.43. The minimum Gasteiger partial charge on any atom is -0.469 e. The van der Waals surface area contributed by atoms with Crippen molar-refractivity contribution in [2.45, 2.75) is 51.3 Å². The topological polar surface area (TPSA) is 58.6 Å². The van der Waals surface area contributed by atoms with Crippen molar-refractivity contribution in [2.75, 3.05) is 7.11 Å². The van der Waals surface area contributed by atoms with E-state index >= 15 is 0 Å². The van der Waals surface area contributed by atoms with Gasteiger partial charge in [0, 0.05) is 18.5 Å². The molecule has 1 aromatic rings. The Bertz CT molecular complexity index is 394. The third kappa shape index (κ3) is 5.31. The van der Waals surface area contributed by atoms with Gasteiger partial charge in [-0.15, -0.1) is 0 Å². The van der Waals surface area contributed by atoms with Crippen molar-refractivity contribution in [1.82, 2.24) is 5.32 Å². The summed E-state index contributed by atoms with van der Waals surface area (Å²) in [6.07, 6.45) is 1.19. The van der Waals surface area contributed by atoms with Gasteiger partial charge < -0.3 is 15.2 Å². The third-order valence-corrected chi connectivity index (χ3v) is 3.52. The smallest absolute Gasteiger partial charge is 0.305 e. The molecule has 0 bridgehead atoms. The maximum absolute atomic E-state index is 11.3. The fraction of sp³-hybridized carbons (Fsp3) is 0.562. The van der Waals surface area contributed by atoms with Crippen molar-refractivity contribution in [3.05, 3.63) is 35.9 Å². The Kier molecular flexibility index (Phi) is 7.26. The van der Waals surface area contributed by atoms with Gasteiger partial charge in [0.1, 0.15) is 0 Å². The number of carbonyl (C=O) groups excluding carboxylic acids is 1. The fourth-order valence-electron chi connectivity index (χ4n) is 2.07. The lowest BCUT2D eigenvalue weighted by Gasteiger charge is -2.27. The largest absolute Gasteiger partial charge is 0.469 e. The molecule has 1 aromatic carbocycles. The second-order valence-electron chi connectivity index (χ2n) is 5.05. The van der Waals surface area contributed by atoms with E-state index in [-0.39, 0.29) is 18.1 Å². The van der Waals surface area contributed by atoms with Crippen molar-refractivity contribution >= 4 is 5.97 Å². The lowest BCUT2D eigenvalue weighted by Crippen LogP contribution is -2.40. The third-order valence-electron chi connectivity index (χ3n) is 3.52. The quantitative estimate of drug-likeness (QED) is 0.718. The number of hydrogen-bond donors (Lipinski definition) is 2. The number of benzene rings is 1. The maximum atomic E-state index is 11.3. The van der Waals surface area contributed by atoms with Crippen LogP contribution in [0.2, 0.25) is 0 Å². The SMILES string of the molecule is CCC(C)NC(CCC(=O)OC)C(O)c1ccccc1. The monoisotopic (exact) mass is 279 g/mol. The molecule has 0 radical (unpaired) electrons. The van der Waals surface area contributed by atoms with Gasteiger partial charge in [0.15, 0.2) is 0 Å². The molecule has 0 heterocycles. The highest BCUT2D eigenvalue weighted by Crippen LogP contribution is 2.20. The van der Waals surface area contributed by atoms with E-state index in [1.807, 2.05) is 30.3 Å². The summed E-state index contributed by atoms with van der Waals surface area (Å²) >= 11 is 0. The number of rotatable bonds is 8. The van der Waals surface area contributed by atoms with Crippen LogP contribution in [-0.4, -0.2) is 30.3 Å². The molecule has 3 unspecified atom stereocenters. The number of carbonyl (C=O) groups is 1. The minimum atomic E-state index is -0.630. The van der Waals surface area contributed by atoms with E-state index in [2.05, 4.69) is 23.9 Å². The molecule has 1 rings (SSSR count). The average Bonchev–Trinajstić information content (AvgIpc) is 2.50. The Morgan fingerprint density at radius 2 is 2.00 bits per heavy atom. The van der Waals surface area contributed by atoms with Crippen LogP contribution in [0.3, 0.4) is 0 Å². The van der Waals surface area contributed by atoms with Gasteiger partial charge in [-0.1, -0.05) is 37.3 Å².